The number of halogens is 1. The first kappa shape index (κ1) is 21.6. The van der Waals surface area contributed by atoms with Gasteiger partial charge in [-0.2, -0.15) is 0 Å². The van der Waals surface area contributed by atoms with Crippen LogP contribution in [0.15, 0.2) is 29.3 Å². The molecule has 23 heavy (non-hydrogen) atoms. The van der Waals surface area contributed by atoms with E-state index in [1.165, 1.54) is 0 Å². The number of nitrogens with zero attached hydrogens (tertiary/aromatic N) is 1. The maximum absolute atomic E-state index is 11.0. The predicted octanol–water partition coefficient (Wildman–Crippen LogP) is 1.88. The molecule has 1 amide bonds. The lowest BCUT2D eigenvalue weighted by molar-refractivity contribution is 0.0268. The van der Waals surface area contributed by atoms with E-state index in [0.717, 1.165) is 18.1 Å². The molecule has 4 N–H and O–H groups in total. The lowest BCUT2D eigenvalue weighted by Crippen LogP contribution is -2.45. The van der Waals surface area contributed by atoms with Gasteiger partial charge in [0.05, 0.1) is 12.1 Å². The Morgan fingerprint density at radius 2 is 1.87 bits per heavy atom. The molecular formula is C16H27IN4O2. The summed E-state index contributed by atoms with van der Waals surface area (Å²) < 4.78 is 5.38. The van der Waals surface area contributed by atoms with Crippen LogP contribution in [-0.2, 0) is 11.3 Å². The van der Waals surface area contributed by atoms with Crippen LogP contribution in [0.25, 0.3) is 0 Å². The molecule has 1 aromatic carbocycles. The second kappa shape index (κ2) is 10.4. The van der Waals surface area contributed by atoms with Gasteiger partial charge in [0.2, 0.25) is 5.91 Å². The number of aliphatic imine (C=N–C) groups is 1. The van der Waals surface area contributed by atoms with E-state index in [1.54, 1.807) is 19.2 Å². The third-order valence-corrected chi connectivity index (χ3v) is 3.24. The van der Waals surface area contributed by atoms with Gasteiger partial charge in [0.1, 0.15) is 0 Å². The molecule has 0 unspecified atom stereocenters. The van der Waals surface area contributed by atoms with Gasteiger partial charge >= 0.3 is 0 Å². The SMILES string of the molecule is CCNC(=NCc1ccc(C(N)=O)cc1)NCC(C)(C)OC.I. The van der Waals surface area contributed by atoms with E-state index in [4.69, 9.17) is 10.5 Å². The van der Waals surface area contributed by atoms with Gasteiger partial charge in [-0.25, -0.2) is 4.99 Å². The zero-order valence-corrected chi connectivity index (χ0v) is 16.5. The average molecular weight is 434 g/mol. The fourth-order valence-electron chi connectivity index (χ4n) is 1.66. The largest absolute Gasteiger partial charge is 0.377 e. The van der Waals surface area contributed by atoms with E-state index in [-0.39, 0.29) is 29.6 Å². The number of guanidine groups is 1. The fraction of sp³-hybridized carbons (Fsp3) is 0.500. The summed E-state index contributed by atoms with van der Waals surface area (Å²) in [5, 5.41) is 6.44. The molecule has 0 atom stereocenters. The highest BCUT2D eigenvalue weighted by Gasteiger charge is 2.16. The number of primary amides is 1. The minimum atomic E-state index is -0.424. The van der Waals surface area contributed by atoms with Crippen molar-refractivity contribution in [2.45, 2.75) is 32.9 Å². The van der Waals surface area contributed by atoms with Gasteiger partial charge in [0, 0.05) is 25.8 Å². The van der Waals surface area contributed by atoms with Crippen molar-refractivity contribution in [3.05, 3.63) is 35.4 Å². The first-order chi connectivity index (χ1) is 10.4. The number of carbonyl (C=O) groups is 1. The lowest BCUT2D eigenvalue weighted by Gasteiger charge is -2.24. The van der Waals surface area contributed by atoms with E-state index >= 15 is 0 Å². The molecule has 130 valence electrons. The predicted molar refractivity (Wildman–Crippen MR) is 104 cm³/mol. The van der Waals surface area contributed by atoms with Crippen LogP contribution in [0.3, 0.4) is 0 Å². The monoisotopic (exact) mass is 434 g/mol. The zero-order valence-electron chi connectivity index (χ0n) is 14.2. The number of amides is 1. The van der Waals surface area contributed by atoms with Crippen LogP contribution < -0.4 is 16.4 Å². The Morgan fingerprint density at radius 3 is 2.35 bits per heavy atom. The van der Waals surface area contributed by atoms with Crippen LogP contribution in [0.4, 0.5) is 0 Å². The molecule has 0 spiro atoms. The van der Waals surface area contributed by atoms with E-state index in [1.807, 2.05) is 32.9 Å². The lowest BCUT2D eigenvalue weighted by atomic mass is 10.1. The maximum Gasteiger partial charge on any atom is 0.248 e. The Balaban J connectivity index is 0.00000484. The molecule has 0 aliphatic carbocycles. The van der Waals surface area contributed by atoms with Crippen molar-refractivity contribution in [3.63, 3.8) is 0 Å². The van der Waals surface area contributed by atoms with E-state index in [2.05, 4.69) is 15.6 Å². The Kier molecular flexibility index (Phi) is 9.82. The molecule has 0 saturated carbocycles. The molecule has 6 nitrogen and oxygen atoms in total. The Labute approximate surface area is 155 Å². The quantitative estimate of drug-likeness (QED) is 0.348. The molecule has 0 heterocycles. The van der Waals surface area contributed by atoms with Crippen LogP contribution in [0, 0.1) is 0 Å². The molecule has 0 aromatic heterocycles. The highest BCUT2D eigenvalue weighted by atomic mass is 127. The first-order valence-corrected chi connectivity index (χ1v) is 7.34. The van der Waals surface area contributed by atoms with Crippen molar-refractivity contribution in [1.82, 2.24) is 10.6 Å². The summed E-state index contributed by atoms with van der Waals surface area (Å²) in [4.78, 5) is 15.6. The van der Waals surface area contributed by atoms with Crippen LogP contribution in [0.1, 0.15) is 36.7 Å². The van der Waals surface area contributed by atoms with Gasteiger partial charge in [-0.3, -0.25) is 4.79 Å². The molecule has 0 bridgehead atoms. The number of hydrogen-bond donors (Lipinski definition) is 3. The number of carbonyl (C=O) groups excluding carboxylic acids is 1. The topological polar surface area (TPSA) is 88.7 Å². The molecular weight excluding hydrogens is 407 g/mol. The third kappa shape index (κ3) is 8.17. The number of hydrogen-bond acceptors (Lipinski definition) is 3. The summed E-state index contributed by atoms with van der Waals surface area (Å²) in [6.45, 7) is 7.97. The smallest absolute Gasteiger partial charge is 0.248 e. The molecule has 0 aliphatic heterocycles. The molecule has 0 saturated heterocycles. The van der Waals surface area contributed by atoms with Crippen LogP contribution in [0.2, 0.25) is 0 Å². The van der Waals surface area contributed by atoms with Crippen molar-refractivity contribution < 1.29 is 9.53 Å². The minimum absolute atomic E-state index is 0. The highest BCUT2D eigenvalue weighted by molar-refractivity contribution is 14.0. The molecule has 0 fully saturated rings. The van der Waals surface area contributed by atoms with Crippen molar-refractivity contribution in [3.8, 4) is 0 Å². The minimum Gasteiger partial charge on any atom is -0.377 e. The van der Waals surface area contributed by atoms with Crippen LogP contribution in [0.5, 0.6) is 0 Å². The summed E-state index contributed by atoms with van der Waals surface area (Å²) >= 11 is 0. The van der Waals surface area contributed by atoms with Gasteiger partial charge < -0.3 is 21.1 Å². The van der Waals surface area contributed by atoms with Crippen molar-refractivity contribution in [2.24, 2.45) is 10.7 Å². The number of rotatable bonds is 7. The Hall–Kier alpha value is -1.35. The number of ether oxygens (including phenoxy) is 1. The van der Waals surface area contributed by atoms with Gasteiger partial charge in [-0.05, 0) is 38.5 Å². The second-order valence-corrected chi connectivity index (χ2v) is 5.57. The summed E-state index contributed by atoms with van der Waals surface area (Å²) in [6.07, 6.45) is 0. The molecule has 1 rings (SSSR count). The fourth-order valence-corrected chi connectivity index (χ4v) is 1.66. The zero-order chi connectivity index (χ0) is 16.6. The van der Waals surface area contributed by atoms with E-state index in [0.29, 0.717) is 18.7 Å². The highest BCUT2D eigenvalue weighted by Crippen LogP contribution is 2.06. The number of benzene rings is 1. The number of nitrogens with two attached hydrogens (primary N) is 1. The Morgan fingerprint density at radius 1 is 1.26 bits per heavy atom. The number of nitrogens with one attached hydrogen (secondary N) is 2. The van der Waals surface area contributed by atoms with E-state index in [9.17, 15) is 4.79 Å². The van der Waals surface area contributed by atoms with Crippen LogP contribution >= 0.6 is 24.0 Å². The van der Waals surface area contributed by atoms with Crippen molar-refractivity contribution in [2.75, 3.05) is 20.2 Å². The normalized spacial score (nSPS) is 11.6. The molecule has 0 radical (unpaired) electrons. The second-order valence-electron chi connectivity index (χ2n) is 5.57. The first-order valence-electron chi connectivity index (χ1n) is 7.34. The summed E-state index contributed by atoms with van der Waals surface area (Å²) in [7, 11) is 1.69. The molecule has 1 aromatic rings. The van der Waals surface area contributed by atoms with Crippen molar-refractivity contribution >= 4 is 35.8 Å². The molecule has 0 aliphatic rings. The van der Waals surface area contributed by atoms with Gasteiger partial charge in [0.15, 0.2) is 5.96 Å². The van der Waals surface area contributed by atoms with Gasteiger partial charge in [-0.1, -0.05) is 12.1 Å². The molecule has 7 heteroatoms. The number of methoxy groups -OCH3 is 1. The maximum atomic E-state index is 11.0. The third-order valence-electron chi connectivity index (χ3n) is 3.24. The Bertz CT molecular complexity index is 515. The van der Waals surface area contributed by atoms with Crippen LogP contribution in [-0.4, -0.2) is 37.7 Å². The van der Waals surface area contributed by atoms with Gasteiger partial charge in [0.25, 0.3) is 0 Å². The summed E-state index contributed by atoms with van der Waals surface area (Å²) in [6, 6.07) is 7.13. The van der Waals surface area contributed by atoms with Gasteiger partial charge in [-0.15, -0.1) is 24.0 Å². The van der Waals surface area contributed by atoms with Crippen molar-refractivity contribution in [1.29, 1.82) is 0 Å². The summed E-state index contributed by atoms with van der Waals surface area (Å²) in [5.41, 5.74) is 6.46. The average Bonchev–Trinajstić information content (AvgIpc) is 2.50. The van der Waals surface area contributed by atoms with E-state index < -0.39 is 5.91 Å². The standard InChI is InChI=1S/C16H26N4O2.HI/c1-5-18-15(20-11-16(2,3)22-4)19-10-12-6-8-13(9-7-12)14(17)21;/h6-9H,5,10-11H2,1-4H3,(H2,17,21)(H2,18,19,20);1H. The summed E-state index contributed by atoms with van der Waals surface area (Å²) in [5.74, 6) is 0.304.